The number of hydrogen-bond donors (Lipinski definition) is 3. The van der Waals surface area contributed by atoms with Crippen LogP contribution in [-0.4, -0.2) is 36.2 Å². The number of carboxylic acids is 1. The highest BCUT2D eigenvalue weighted by atomic mass is 19.1. The fraction of sp³-hybridized carbons (Fsp3) is 0.333. The Morgan fingerprint density at radius 3 is 2.74 bits per heavy atom. The summed E-state index contributed by atoms with van der Waals surface area (Å²) in [5.41, 5.74) is 5.34. The highest BCUT2D eigenvalue weighted by Gasteiger charge is 2.16. The van der Waals surface area contributed by atoms with Gasteiger partial charge in [-0.1, -0.05) is 12.1 Å². The van der Waals surface area contributed by atoms with E-state index in [0.29, 0.717) is 0 Å². The molecule has 7 heteroatoms. The van der Waals surface area contributed by atoms with Gasteiger partial charge in [0.15, 0.2) is 11.6 Å². The molecule has 0 spiro atoms. The lowest BCUT2D eigenvalue weighted by molar-refractivity contribution is -0.139. The first-order valence-electron chi connectivity index (χ1n) is 5.63. The Balaban J connectivity index is 2.26. The van der Waals surface area contributed by atoms with Crippen LogP contribution in [0.3, 0.4) is 0 Å². The van der Waals surface area contributed by atoms with Gasteiger partial charge < -0.3 is 20.9 Å². The van der Waals surface area contributed by atoms with Gasteiger partial charge in [-0.05, 0) is 12.1 Å². The zero-order valence-corrected chi connectivity index (χ0v) is 10.1. The van der Waals surface area contributed by atoms with Crippen LogP contribution < -0.4 is 15.8 Å². The Hall–Kier alpha value is -2.15. The van der Waals surface area contributed by atoms with Gasteiger partial charge in [-0.25, -0.2) is 4.39 Å². The van der Waals surface area contributed by atoms with Gasteiger partial charge in [-0.2, -0.15) is 0 Å². The molecule has 1 atom stereocenters. The normalized spacial score (nSPS) is 11.7. The Morgan fingerprint density at radius 2 is 2.11 bits per heavy atom. The maximum absolute atomic E-state index is 13.1. The number of aliphatic carboxylic acids is 1. The average molecular weight is 270 g/mol. The number of halogens is 1. The number of hydrogen-bond acceptors (Lipinski definition) is 4. The molecule has 0 saturated heterocycles. The van der Waals surface area contributed by atoms with Crippen molar-refractivity contribution in [1.82, 2.24) is 5.32 Å². The van der Waals surface area contributed by atoms with Gasteiger partial charge >= 0.3 is 5.97 Å². The largest absolute Gasteiger partial charge is 0.489 e. The number of nitrogens with two attached hydrogens (primary N) is 1. The average Bonchev–Trinajstić information content (AvgIpc) is 2.35. The van der Waals surface area contributed by atoms with Crippen LogP contribution in [0.2, 0.25) is 0 Å². The number of rotatable bonds is 7. The number of carboxylic acid groups (broad SMARTS) is 1. The molecule has 0 unspecified atom stereocenters. The van der Waals surface area contributed by atoms with Crippen LogP contribution in [0.5, 0.6) is 5.75 Å². The van der Waals surface area contributed by atoms with Crippen LogP contribution in [0, 0.1) is 5.82 Å². The number of ether oxygens (including phenoxy) is 1. The van der Waals surface area contributed by atoms with Crippen LogP contribution in [0.4, 0.5) is 4.39 Å². The molecule has 6 nitrogen and oxygen atoms in total. The van der Waals surface area contributed by atoms with Crippen molar-refractivity contribution in [3.05, 3.63) is 30.1 Å². The van der Waals surface area contributed by atoms with E-state index in [0.717, 1.165) is 0 Å². The van der Waals surface area contributed by atoms with Crippen molar-refractivity contribution in [2.75, 3.05) is 13.2 Å². The van der Waals surface area contributed by atoms with Crippen LogP contribution >= 0.6 is 0 Å². The minimum Gasteiger partial charge on any atom is -0.489 e. The molecule has 19 heavy (non-hydrogen) atoms. The smallest absolute Gasteiger partial charge is 0.305 e. The van der Waals surface area contributed by atoms with Crippen molar-refractivity contribution in [3.8, 4) is 5.75 Å². The summed E-state index contributed by atoms with van der Waals surface area (Å²) >= 11 is 0. The Bertz CT molecular complexity index is 453. The summed E-state index contributed by atoms with van der Waals surface area (Å²) < 4.78 is 18.3. The molecule has 1 rings (SSSR count). The zero-order valence-electron chi connectivity index (χ0n) is 10.1. The number of carbonyl (C=O) groups excluding carboxylic acids is 1. The van der Waals surface area contributed by atoms with E-state index in [1.165, 1.54) is 18.2 Å². The van der Waals surface area contributed by atoms with Gasteiger partial charge in [0.25, 0.3) is 0 Å². The fourth-order valence-corrected chi connectivity index (χ4v) is 1.31. The molecule has 0 radical (unpaired) electrons. The maximum atomic E-state index is 13.1. The summed E-state index contributed by atoms with van der Waals surface area (Å²) in [6.07, 6.45) is -0.444. The third-order valence-electron chi connectivity index (χ3n) is 2.23. The van der Waals surface area contributed by atoms with Crippen molar-refractivity contribution < 1.29 is 23.8 Å². The van der Waals surface area contributed by atoms with Crippen molar-refractivity contribution in [1.29, 1.82) is 0 Å². The Kier molecular flexibility index (Phi) is 5.74. The van der Waals surface area contributed by atoms with Gasteiger partial charge in [-0.15, -0.1) is 0 Å². The van der Waals surface area contributed by atoms with E-state index in [1.54, 1.807) is 6.07 Å². The van der Waals surface area contributed by atoms with E-state index in [-0.39, 0.29) is 18.9 Å². The quantitative estimate of drug-likeness (QED) is 0.611. The SMILES string of the molecule is N[C@@H](CC(=O)O)C(=O)NCCOc1ccccc1F. The summed E-state index contributed by atoms with van der Waals surface area (Å²) in [6, 6.07) is 4.78. The van der Waals surface area contributed by atoms with Crippen LogP contribution in [-0.2, 0) is 9.59 Å². The Labute approximate surface area is 109 Å². The van der Waals surface area contributed by atoms with Crippen molar-refractivity contribution >= 4 is 11.9 Å². The molecule has 0 fully saturated rings. The Morgan fingerprint density at radius 1 is 1.42 bits per heavy atom. The number of carbonyl (C=O) groups is 2. The predicted molar refractivity (Wildman–Crippen MR) is 65.1 cm³/mol. The van der Waals surface area contributed by atoms with E-state index < -0.39 is 30.2 Å². The summed E-state index contributed by atoms with van der Waals surface area (Å²) in [5.74, 6) is -2.13. The summed E-state index contributed by atoms with van der Waals surface area (Å²) in [4.78, 5) is 21.7. The van der Waals surface area contributed by atoms with Gasteiger partial charge in [-0.3, -0.25) is 9.59 Å². The van der Waals surface area contributed by atoms with E-state index in [1.807, 2.05) is 0 Å². The fourth-order valence-electron chi connectivity index (χ4n) is 1.31. The van der Waals surface area contributed by atoms with Crippen LogP contribution in [0.1, 0.15) is 6.42 Å². The number of amides is 1. The van der Waals surface area contributed by atoms with E-state index in [2.05, 4.69) is 5.32 Å². The molecule has 0 aliphatic rings. The molecule has 0 saturated carbocycles. The molecule has 1 aromatic rings. The van der Waals surface area contributed by atoms with E-state index in [4.69, 9.17) is 15.6 Å². The zero-order chi connectivity index (χ0) is 14.3. The van der Waals surface area contributed by atoms with Crippen molar-refractivity contribution in [2.24, 2.45) is 5.73 Å². The lowest BCUT2D eigenvalue weighted by Gasteiger charge is -2.11. The number of para-hydroxylation sites is 1. The summed E-state index contributed by atoms with van der Waals surface area (Å²) in [6.45, 7) is 0.174. The first-order chi connectivity index (χ1) is 9.00. The van der Waals surface area contributed by atoms with E-state index >= 15 is 0 Å². The third-order valence-corrected chi connectivity index (χ3v) is 2.23. The minimum absolute atomic E-state index is 0.0620. The topological polar surface area (TPSA) is 102 Å². The van der Waals surface area contributed by atoms with Crippen LogP contribution in [0.15, 0.2) is 24.3 Å². The highest BCUT2D eigenvalue weighted by Crippen LogP contribution is 2.14. The molecule has 0 aliphatic carbocycles. The van der Waals surface area contributed by atoms with Gasteiger partial charge in [0, 0.05) is 0 Å². The molecule has 4 N–H and O–H groups in total. The maximum Gasteiger partial charge on any atom is 0.305 e. The molecular formula is C12H15FN2O4. The molecule has 0 aliphatic heterocycles. The first-order valence-corrected chi connectivity index (χ1v) is 5.63. The highest BCUT2D eigenvalue weighted by molar-refractivity contribution is 5.85. The first kappa shape index (κ1) is 14.9. The second-order valence-corrected chi connectivity index (χ2v) is 3.77. The predicted octanol–water partition coefficient (Wildman–Crippen LogP) is 0.123. The number of benzene rings is 1. The monoisotopic (exact) mass is 270 g/mol. The number of nitrogens with one attached hydrogen (secondary N) is 1. The van der Waals surface area contributed by atoms with Gasteiger partial charge in [0.1, 0.15) is 6.61 Å². The lowest BCUT2D eigenvalue weighted by atomic mass is 10.2. The van der Waals surface area contributed by atoms with Crippen molar-refractivity contribution in [2.45, 2.75) is 12.5 Å². The van der Waals surface area contributed by atoms with Gasteiger partial charge in [0.05, 0.1) is 19.0 Å². The van der Waals surface area contributed by atoms with Crippen molar-refractivity contribution in [3.63, 3.8) is 0 Å². The molecule has 104 valence electrons. The second-order valence-electron chi connectivity index (χ2n) is 3.77. The van der Waals surface area contributed by atoms with Gasteiger partial charge in [0.2, 0.25) is 5.91 Å². The molecule has 0 aromatic heterocycles. The standard InChI is InChI=1S/C12H15FN2O4/c13-8-3-1-2-4-10(8)19-6-5-15-12(18)9(14)7-11(16)17/h1-4,9H,5-7,14H2,(H,15,18)(H,16,17)/t9-/m0/s1. The minimum atomic E-state index is -1.15. The van der Waals surface area contributed by atoms with E-state index in [9.17, 15) is 14.0 Å². The molecule has 0 bridgehead atoms. The van der Waals surface area contributed by atoms with Crippen LogP contribution in [0.25, 0.3) is 0 Å². The molecule has 0 heterocycles. The molecule has 1 aromatic carbocycles. The summed E-state index contributed by atoms with van der Waals surface area (Å²) in [7, 11) is 0. The molecule has 1 amide bonds. The lowest BCUT2D eigenvalue weighted by Crippen LogP contribution is -2.43. The second kappa shape index (κ2) is 7.32. The third kappa shape index (κ3) is 5.35. The molecular weight excluding hydrogens is 255 g/mol. The summed E-state index contributed by atoms with van der Waals surface area (Å²) in [5, 5.41) is 10.9.